The lowest BCUT2D eigenvalue weighted by molar-refractivity contribution is -0.126. The monoisotopic (exact) mass is 170 g/mol. The quantitative estimate of drug-likeness (QED) is 0.631. The average molecular weight is 170 g/mol. The molecule has 0 aromatic carbocycles. The van der Waals surface area contributed by atoms with Crippen molar-refractivity contribution >= 4 is 5.78 Å². The van der Waals surface area contributed by atoms with Crippen LogP contribution in [-0.2, 0) is 9.53 Å². The van der Waals surface area contributed by atoms with Gasteiger partial charge in [0.15, 0.2) is 0 Å². The Balaban J connectivity index is 2.15. The zero-order chi connectivity index (χ0) is 8.97. The molecule has 1 rings (SSSR count). The third-order valence-electron chi connectivity index (χ3n) is 2.56. The van der Waals surface area contributed by atoms with E-state index in [0.717, 1.165) is 12.8 Å². The number of hydrogen-bond acceptors (Lipinski definition) is 2. The maximum Gasteiger partial charge on any atom is 0.136 e. The Morgan fingerprint density at radius 3 is 2.67 bits per heavy atom. The van der Waals surface area contributed by atoms with Crippen LogP contribution in [0.15, 0.2) is 0 Å². The van der Waals surface area contributed by atoms with Gasteiger partial charge in [-0.2, -0.15) is 0 Å². The van der Waals surface area contributed by atoms with E-state index in [1.165, 1.54) is 6.42 Å². The topological polar surface area (TPSA) is 26.3 Å². The number of carbonyl (C=O) groups excluding carboxylic acids is 1. The van der Waals surface area contributed by atoms with Gasteiger partial charge in [-0.05, 0) is 18.8 Å². The van der Waals surface area contributed by atoms with E-state index in [2.05, 4.69) is 6.92 Å². The van der Waals surface area contributed by atoms with Gasteiger partial charge in [0.25, 0.3) is 0 Å². The number of Topliss-reactive ketones (excluding diaryl/α,β-unsaturated/α-hetero) is 1. The first-order valence-corrected chi connectivity index (χ1v) is 4.75. The van der Waals surface area contributed by atoms with E-state index in [9.17, 15) is 4.79 Å². The summed E-state index contributed by atoms with van der Waals surface area (Å²) in [6.45, 7) is 2.78. The maximum atomic E-state index is 11.5. The van der Waals surface area contributed by atoms with Gasteiger partial charge in [0.05, 0.1) is 0 Å². The van der Waals surface area contributed by atoms with Gasteiger partial charge in [-0.25, -0.2) is 0 Å². The lowest BCUT2D eigenvalue weighted by atomic mass is 9.80. The van der Waals surface area contributed by atoms with Crippen molar-refractivity contribution < 1.29 is 9.53 Å². The minimum Gasteiger partial charge on any atom is -0.384 e. The molecule has 0 bridgehead atoms. The average Bonchev–Trinajstić information content (AvgIpc) is 1.82. The standard InChI is InChI=1S/C10H18O2/c1-8(7-12-2)6-10(11)9-4-3-5-9/h8-9H,3-7H2,1-2H3. The van der Waals surface area contributed by atoms with Crippen molar-refractivity contribution in [3.8, 4) is 0 Å². The van der Waals surface area contributed by atoms with E-state index in [4.69, 9.17) is 4.74 Å². The molecule has 0 amide bonds. The highest BCUT2D eigenvalue weighted by molar-refractivity contribution is 5.81. The van der Waals surface area contributed by atoms with E-state index in [1.54, 1.807) is 7.11 Å². The number of methoxy groups -OCH3 is 1. The highest BCUT2D eigenvalue weighted by Crippen LogP contribution is 2.29. The summed E-state index contributed by atoms with van der Waals surface area (Å²) in [7, 11) is 1.68. The Kier molecular flexibility index (Phi) is 3.73. The molecule has 1 unspecified atom stereocenters. The summed E-state index contributed by atoms with van der Waals surface area (Å²) in [5.74, 6) is 1.23. The van der Waals surface area contributed by atoms with Crippen LogP contribution >= 0.6 is 0 Å². The van der Waals surface area contributed by atoms with Gasteiger partial charge >= 0.3 is 0 Å². The van der Waals surface area contributed by atoms with Crippen LogP contribution in [0.1, 0.15) is 32.6 Å². The molecule has 0 heterocycles. The molecule has 2 heteroatoms. The van der Waals surface area contributed by atoms with Gasteiger partial charge < -0.3 is 4.74 Å². The van der Waals surface area contributed by atoms with Crippen LogP contribution in [0.5, 0.6) is 0 Å². The van der Waals surface area contributed by atoms with E-state index in [1.807, 2.05) is 0 Å². The second-order valence-corrected chi connectivity index (χ2v) is 3.86. The van der Waals surface area contributed by atoms with Gasteiger partial charge in [-0.3, -0.25) is 4.79 Å². The zero-order valence-corrected chi connectivity index (χ0v) is 8.01. The SMILES string of the molecule is COCC(C)CC(=O)C1CCC1. The van der Waals surface area contributed by atoms with Crippen LogP contribution in [0.4, 0.5) is 0 Å². The number of ether oxygens (including phenoxy) is 1. The van der Waals surface area contributed by atoms with Gasteiger partial charge in [0, 0.05) is 26.1 Å². The molecule has 1 atom stereocenters. The molecule has 0 aliphatic heterocycles. The first-order valence-electron chi connectivity index (χ1n) is 4.75. The Morgan fingerprint density at radius 1 is 1.58 bits per heavy atom. The van der Waals surface area contributed by atoms with Crippen LogP contribution in [0, 0.1) is 11.8 Å². The largest absolute Gasteiger partial charge is 0.384 e. The normalized spacial score (nSPS) is 20.2. The molecule has 1 saturated carbocycles. The molecule has 0 radical (unpaired) electrons. The third kappa shape index (κ3) is 2.59. The van der Waals surface area contributed by atoms with Crippen LogP contribution < -0.4 is 0 Å². The van der Waals surface area contributed by atoms with Crippen molar-refractivity contribution in [2.24, 2.45) is 11.8 Å². The number of carbonyl (C=O) groups is 1. The van der Waals surface area contributed by atoms with E-state index < -0.39 is 0 Å². The van der Waals surface area contributed by atoms with Crippen molar-refractivity contribution in [3.05, 3.63) is 0 Å². The lowest BCUT2D eigenvalue weighted by Crippen LogP contribution is -2.24. The van der Waals surface area contributed by atoms with E-state index in [-0.39, 0.29) is 0 Å². The van der Waals surface area contributed by atoms with Gasteiger partial charge in [-0.1, -0.05) is 13.3 Å². The molecule has 70 valence electrons. The number of hydrogen-bond donors (Lipinski definition) is 0. The van der Waals surface area contributed by atoms with Crippen molar-refractivity contribution in [2.75, 3.05) is 13.7 Å². The molecule has 1 aliphatic carbocycles. The fourth-order valence-corrected chi connectivity index (χ4v) is 1.58. The molecule has 0 aromatic rings. The Morgan fingerprint density at radius 2 is 2.25 bits per heavy atom. The van der Waals surface area contributed by atoms with Gasteiger partial charge in [-0.15, -0.1) is 0 Å². The van der Waals surface area contributed by atoms with Crippen LogP contribution in [0.2, 0.25) is 0 Å². The second kappa shape index (κ2) is 4.61. The summed E-state index contributed by atoms with van der Waals surface area (Å²) >= 11 is 0. The summed E-state index contributed by atoms with van der Waals surface area (Å²) in [6, 6.07) is 0. The molecule has 0 aromatic heterocycles. The lowest BCUT2D eigenvalue weighted by Gasteiger charge is -2.24. The molecular weight excluding hydrogens is 152 g/mol. The molecular formula is C10H18O2. The number of ketones is 1. The maximum absolute atomic E-state index is 11.5. The Labute approximate surface area is 74.3 Å². The van der Waals surface area contributed by atoms with E-state index in [0.29, 0.717) is 30.6 Å². The minimum atomic E-state index is 0.392. The van der Waals surface area contributed by atoms with Crippen molar-refractivity contribution in [1.82, 2.24) is 0 Å². The molecule has 0 saturated heterocycles. The van der Waals surface area contributed by atoms with Crippen LogP contribution in [0.25, 0.3) is 0 Å². The fraction of sp³-hybridized carbons (Fsp3) is 0.900. The number of rotatable bonds is 5. The first-order chi connectivity index (χ1) is 5.74. The predicted octanol–water partition coefficient (Wildman–Crippen LogP) is 2.03. The molecule has 2 nitrogen and oxygen atoms in total. The second-order valence-electron chi connectivity index (χ2n) is 3.86. The third-order valence-corrected chi connectivity index (χ3v) is 2.56. The summed E-state index contributed by atoms with van der Waals surface area (Å²) in [5.41, 5.74) is 0. The fourth-order valence-electron chi connectivity index (χ4n) is 1.58. The molecule has 0 spiro atoms. The van der Waals surface area contributed by atoms with Crippen molar-refractivity contribution in [2.45, 2.75) is 32.6 Å². The predicted molar refractivity (Wildman–Crippen MR) is 48.0 cm³/mol. The summed E-state index contributed by atoms with van der Waals surface area (Å²) in [6.07, 6.45) is 4.20. The highest BCUT2D eigenvalue weighted by Gasteiger charge is 2.25. The zero-order valence-electron chi connectivity index (χ0n) is 8.01. The molecule has 12 heavy (non-hydrogen) atoms. The summed E-state index contributed by atoms with van der Waals surface area (Å²) < 4.78 is 4.98. The van der Waals surface area contributed by atoms with Crippen molar-refractivity contribution in [1.29, 1.82) is 0 Å². The summed E-state index contributed by atoms with van der Waals surface area (Å²) in [4.78, 5) is 11.5. The van der Waals surface area contributed by atoms with Gasteiger partial charge in [0.1, 0.15) is 5.78 Å². The smallest absolute Gasteiger partial charge is 0.136 e. The van der Waals surface area contributed by atoms with Crippen molar-refractivity contribution in [3.63, 3.8) is 0 Å². The van der Waals surface area contributed by atoms with Gasteiger partial charge in [0.2, 0.25) is 0 Å². The highest BCUT2D eigenvalue weighted by atomic mass is 16.5. The minimum absolute atomic E-state index is 0.392. The molecule has 1 fully saturated rings. The summed E-state index contributed by atoms with van der Waals surface area (Å²) in [5, 5.41) is 0. The Hall–Kier alpha value is -0.370. The molecule has 0 N–H and O–H groups in total. The Bertz CT molecular complexity index is 150. The molecule has 1 aliphatic rings. The van der Waals surface area contributed by atoms with E-state index >= 15 is 0 Å². The van der Waals surface area contributed by atoms with Crippen LogP contribution in [-0.4, -0.2) is 19.5 Å². The first kappa shape index (κ1) is 9.72. The van der Waals surface area contributed by atoms with Crippen LogP contribution in [0.3, 0.4) is 0 Å².